The quantitative estimate of drug-likeness (QED) is 0.581. The topological polar surface area (TPSA) is 35.2 Å². The average Bonchev–Trinajstić information content (AvgIpc) is 1.83. The first-order chi connectivity index (χ1) is 3.81. The highest BCUT2D eigenvalue weighted by Gasteiger charge is 1.97. The molecule has 0 aromatic rings. The molecule has 0 saturated carbocycles. The third-order valence-corrected chi connectivity index (χ3v) is 0.734. The Labute approximate surface area is 48.8 Å². The van der Waals surface area contributed by atoms with Crippen molar-refractivity contribution in [2.45, 2.75) is 13.0 Å². The van der Waals surface area contributed by atoms with Crippen LogP contribution in [0.4, 0.5) is 4.39 Å². The molecule has 0 aliphatic rings. The van der Waals surface area contributed by atoms with Gasteiger partial charge >= 0.3 is 0 Å². The molecule has 0 aromatic heterocycles. The van der Waals surface area contributed by atoms with E-state index in [1.807, 2.05) is 6.92 Å². The van der Waals surface area contributed by atoms with Crippen LogP contribution in [-0.4, -0.2) is 25.9 Å². The lowest BCUT2D eigenvalue weighted by molar-refractivity contribution is 0.125. The lowest BCUT2D eigenvalue weighted by Crippen LogP contribution is -2.28. The van der Waals surface area contributed by atoms with E-state index in [4.69, 9.17) is 10.5 Å². The van der Waals surface area contributed by atoms with Crippen molar-refractivity contribution < 1.29 is 9.13 Å². The normalized spacial score (nSPS) is 13.9. The molecule has 3 heteroatoms. The number of halogens is 1. The summed E-state index contributed by atoms with van der Waals surface area (Å²) < 4.78 is 16.3. The second-order valence-corrected chi connectivity index (χ2v) is 1.57. The molecule has 0 radical (unpaired) electrons. The molecular formula is C5H12FNO. The van der Waals surface area contributed by atoms with Crippen LogP contribution in [0.5, 0.6) is 0 Å². The van der Waals surface area contributed by atoms with E-state index in [9.17, 15) is 4.39 Å². The van der Waals surface area contributed by atoms with Crippen LogP contribution in [0, 0.1) is 0 Å². The van der Waals surface area contributed by atoms with Crippen LogP contribution in [0.1, 0.15) is 6.92 Å². The van der Waals surface area contributed by atoms with Crippen LogP contribution in [-0.2, 0) is 4.74 Å². The summed E-state index contributed by atoms with van der Waals surface area (Å²) in [6, 6.07) is -0.435. The van der Waals surface area contributed by atoms with Crippen LogP contribution in [0.3, 0.4) is 0 Å². The van der Waals surface area contributed by atoms with Gasteiger partial charge in [0.05, 0.1) is 12.6 Å². The summed E-state index contributed by atoms with van der Waals surface area (Å²) in [5.74, 6) is 0. The van der Waals surface area contributed by atoms with Crippen molar-refractivity contribution >= 4 is 0 Å². The molecule has 0 rings (SSSR count). The van der Waals surface area contributed by atoms with Gasteiger partial charge in [-0.15, -0.1) is 0 Å². The zero-order chi connectivity index (χ0) is 6.41. The second-order valence-electron chi connectivity index (χ2n) is 1.57. The van der Waals surface area contributed by atoms with Gasteiger partial charge in [0, 0.05) is 6.61 Å². The molecule has 50 valence electrons. The summed E-state index contributed by atoms with van der Waals surface area (Å²) >= 11 is 0. The number of rotatable bonds is 4. The van der Waals surface area contributed by atoms with Gasteiger partial charge in [-0.1, -0.05) is 0 Å². The summed E-state index contributed by atoms with van der Waals surface area (Å²) in [6.45, 7) is 2.28. The molecule has 0 bridgehead atoms. The van der Waals surface area contributed by atoms with E-state index in [2.05, 4.69) is 0 Å². The fourth-order valence-corrected chi connectivity index (χ4v) is 0.314. The van der Waals surface area contributed by atoms with Crippen molar-refractivity contribution in [3.05, 3.63) is 0 Å². The summed E-state index contributed by atoms with van der Waals surface area (Å²) in [4.78, 5) is 0. The molecular weight excluding hydrogens is 109 g/mol. The minimum absolute atomic E-state index is 0.326. The molecule has 0 unspecified atom stereocenters. The van der Waals surface area contributed by atoms with Crippen molar-refractivity contribution in [3.63, 3.8) is 0 Å². The van der Waals surface area contributed by atoms with Crippen LogP contribution >= 0.6 is 0 Å². The first kappa shape index (κ1) is 7.85. The lowest BCUT2D eigenvalue weighted by atomic mass is 10.4. The Kier molecular flexibility index (Phi) is 4.90. The highest BCUT2D eigenvalue weighted by Crippen LogP contribution is 1.81. The zero-order valence-electron chi connectivity index (χ0n) is 5.06. The van der Waals surface area contributed by atoms with Crippen molar-refractivity contribution in [1.29, 1.82) is 0 Å². The number of nitrogens with two attached hydrogens (primary N) is 1. The Morgan fingerprint density at radius 2 is 2.38 bits per heavy atom. The maximum atomic E-state index is 11.5. The standard InChI is InChI=1S/C5H12FNO/c1-2-8-4-5(7)3-6/h5H,2-4,7H2,1H3/t5-/m1/s1. The van der Waals surface area contributed by atoms with Gasteiger partial charge in [0.15, 0.2) is 0 Å². The van der Waals surface area contributed by atoms with Gasteiger partial charge in [0.1, 0.15) is 6.67 Å². The van der Waals surface area contributed by atoms with Crippen molar-refractivity contribution in [2.75, 3.05) is 19.9 Å². The molecule has 0 heterocycles. The molecule has 0 spiro atoms. The molecule has 0 fully saturated rings. The van der Waals surface area contributed by atoms with Crippen molar-refractivity contribution in [2.24, 2.45) is 5.73 Å². The van der Waals surface area contributed by atoms with Gasteiger partial charge < -0.3 is 10.5 Å². The largest absolute Gasteiger partial charge is 0.380 e. The predicted octanol–water partition coefficient (Wildman–Crippen LogP) is 0.320. The monoisotopic (exact) mass is 121 g/mol. The summed E-state index contributed by atoms with van der Waals surface area (Å²) in [6.07, 6.45) is 0. The minimum Gasteiger partial charge on any atom is -0.380 e. The molecule has 0 amide bonds. The maximum Gasteiger partial charge on any atom is 0.107 e. The number of alkyl halides is 1. The molecule has 2 nitrogen and oxygen atoms in total. The summed E-state index contributed by atoms with van der Waals surface area (Å²) in [5, 5.41) is 0. The highest BCUT2D eigenvalue weighted by molar-refractivity contribution is 4.55. The van der Waals surface area contributed by atoms with Gasteiger partial charge in [-0.3, -0.25) is 0 Å². The summed E-state index contributed by atoms with van der Waals surface area (Å²) in [7, 11) is 0. The van der Waals surface area contributed by atoms with E-state index in [1.165, 1.54) is 0 Å². The molecule has 0 aliphatic carbocycles. The smallest absolute Gasteiger partial charge is 0.107 e. The average molecular weight is 121 g/mol. The second kappa shape index (κ2) is 5.00. The number of ether oxygens (including phenoxy) is 1. The molecule has 8 heavy (non-hydrogen) atoms. The zero-order valence-corrected chi connectivity index (χ0v) is 5.06. The molecule has 1 atom stereocenters. The van der Waals surface area contributed by atoms with Crippen LogP contribution in [0.2, 0.25) is 0 Å². The minimum atomic E-state index is -0.500. The van der Waals surface area contributed by atoms with Gasteiger partial charge in [0.2, 0.25) is 0 Å². The van der Waals surface area contributed by atoms with Gasteiger partial charge in [0.25, 0.3) is 0 Å². The molecule has 0 aliphatic heterocycles. The Bertz CT molecular complexity index is 51.7. The van der Waals surface area contributed by atoms with E-state index in [-0.39, 0.29) is 0 Å². The Morgan fingerprint density at radius 3 is 2.75 bits per heavy atom. The number of hydrogen-bond acceptors (Lipinski definition) is 2. The van der Waals surface area contributed by atoms with E-state index in [0.29, 0.717) is 13.2 Å². The first-order valence-corrected chi connectivity index (χ1v) is 2.70. The van der Waals surface area contributed by atoms with E-state index in [0.717, 1.165) is 0 Å². The van der Waals surface area contributed by atoms with Crippen molar-refractivity contribution in [3.8, 4) is 0 Å². The Hall–Kier alpha value is -0.150. The Morgan fingerprint density at radius 1 is 1.75 bits per heavy atom. The Balaban J connectivity index is 2.86. The molecule has 2 N–H and O–H groups in total. The van der Waals surface area contributed by atoms with Crippen LogP contribution in [0.15, 0.2) is 0 Å². The van der Waals surface area contributed by atoms with E-state index in [1.54, 1.807) is 0 Å². The van der Waals surface area contributed by atoms with Gasteiger partial charge in [-0.05, 0) is 6.92 Å². The fraction of sp³-hybridized carbons (Fsp3) is 1.00. The first-order valence-electron chi connectivity index (χ1n) is 2.70. The molecule has 0 aromatic carbocycles. The van der Waals surface area contributed by atoms with Crippen LogP contribution in [0.25, 0.3) is 0 Å². The highest BCUT2D eigenvalue weighted by atomic mass is 19.1. The molecule has 0 saturated heterocycles. The van der Waals surface area contributed by atoms with E-state index >= 15 is 0 Å². The predicted molar refractivity (Wildman–Crippen MR) is 30.4 cm³/mol. The third kappa shape index (κ3) is 4.02. The SMILES string of the molecule is CCOC[C@H](N)CF. The van der Waals surface area contributed by atoms with Crippen molar-refractivity contribution in [1.82, 2.24) is 0 Å². The van der Waals surface area contributed by atoms with Crippen LogP contribution < -0.4 is 5.73 Å². The maximum absolute atomic E-state index is 11.5. The number of hydrogen-bond donors (Lipinski definition) is 1. The van der Waals surface area contributed by atoms with Gasteiger partial charge in [-0.2, -0.15) is 0 Å². The van der Waals surface area contributed by atoms with E-state index < -0.39 is 12.7 Å². The fourth-order valence-electron chi connectivity index (χ4n) is 0.314. The van der Waals surface area contributed by atoms with Gasteiger partial charge in [-0.25, -0.2) is 4.39 Å². The lowest BCUT2D eigenvalue weighted by Gasteiger charge is -2.04. The summed E-state index contributed by atoms with van der Waals surface area (Å²) in [5.41, 5.74) is 5.16. The third-order valence-electron chi connectivity index (χ3n) is 0.734.